The van der Waals surface area contributed by atoms with E-state index >= 15 is 0 Å². The fourth-order valence-corrected chi connectivity index (χ4v) is 4.00. The van der Waals surface area contributed by atoms with Crippen molar-refractivity contribution in [2.24, 2.45) is 11.8 Å². The average molecular weight is 402 g/mol. The number of hydrogen-bond acceptors (Lipinski definition) is 3. The predicted octanol–water partition coefficient (Wildman–Crippen LogP) is 4.48. The molecule has 1 amide bonds. The molecule has 0 bridgehead atoms. The van der Waals surface area contributed by atoms with E-state index in [-0.39, 0.29) is 23.8 Å². The van der Waals surface area contributed by atoms with E-state index in [1.54, 1.807) is 12.3 Å². The predicted molar refractivity (Wildman–Crippen MR) is 109 cm³/mol. The Hall–Kier alpha value is -2.34. The lowest BCUT2D eigenvalue weighted by Gasteiger charge is -2.37. The summed E-state index contributed by atoms with van der Waals surface area (Å²) in [6.45, 7) is 6.27. The SMILES string of the molecule is CC(C)CC(=O)N[C@H](c1ccccn1)[C@@H]1CCCN(Cc2ccc(F)c(F)c2)C1. The van der Waals surface area contributed by atoms with Gasteiger partial charge in [0.25, 0.3) is 0 Å². The second-order valence-corrected chi connectivity index (χ2v) is 8.28. The van der Waals surface area contributed by atoms with Gasteiger partial charge < -0.3 is 5.32 Å². The molecule has 2 heterocycles. The summed E-state index contributed by atoms with van der Waals surface area (Å²) in [5.74, 6) is -1.11. The molecule has 0 aliphatic carbocycles. The second kappa shape index (κ2) is 9.92. The summed E-state index contributed by atoms with van der Waals surface area (Å²) in [6.07, 6.45) is 4.20. The Bertz CT molecular complexity index is 813. The molecule has 4 nitrogen and oxygen atoms in total. The third kappa shape index (κ3) is 6.07. The van der Waals surface area contributed by atoms with Crippen LogP contribution in [0, 0.1) is 23.5 Å². The van der Waals surface area contributed by atoms with Crippen LogP contribution < -0.4 is 5.32 Å². The van der Waals surface area contributed by atoms with E-state index in [1.165, 1.54) is 12.1 Å². The number of amides is 1. The molecule has 1 N–H and O–H groups in total. The standard InChI is InChI=1S/C23H29F2N3O/c1-16(2)12-22(29)27-23(21-7-3-4-10-26-21)18-6-5-11-28(15-18)14-17-8-9-19(24)20(25)13-17/h3-4,7-10,13,16,18,23H,5-6,11-12,14-15H2,1-2H3,(H,27,29)/t18-,23+/m1/s1. The lowest BCUT2D eigenvalue weighted by molar-refractivity contribution is -0.123. The van der Waals surface area contributed by atoms with Crippen LogP contribution in [0.3, 0.4) is 0 Å². The molecule has 6 heteroatoms. The molecule has 3 rings (SSSR count). The number of rotatable bonds is 7. The fourth-order valence-electron chi connectivity index (χ4n) is 4.00. The molecule has 0 unspecified atom stereocenters. The van der Waals surface area contributed by atoms with Crippen molar-refractivity contribution >= 4 is 5.91 Å². The number of nitrogens with zero attached hydrogens (tertiary/aromatic N) is 2. The van der Waals surface area contributed by atoms with Crippen LogP contribution in [0.1, 0.15) is 50.4 Å². The molecule has 29 heavy (non-hydrogen) atoms. The van der Waals surface area contributed by atoms with E-state index in [0.29, 0.717) is 13.0 Å². The highest BCUT2D eigenvalue weighted by Gasteiger charge is 2.30. The third-order valence-electron chi connectivity index (χ3n) is 5.32. The van der Waals surface area contributed by atoms with Gasteiger partial charge in [0.05, 0.1) is 11.7 Å². The minimum Gasteiger partial charge on any atom is -0.347 e. The van der Waals surface area contributed by atoms with E-state index in [9.17, 15) is 13.6 Å². The molecule has 1 aromatic carbocycles. The zero-order valence-corrected chi connectivity index (χ0v) is 17.1. The highest BCUT2D eigenvalue weighted by atomic mass is 19.2. The van der Waals surface area contributed by atoms with Crippen LogP contribution in [0.15, 0.2) is 42.6 Å². The van der Waals surface area contributed by atoms with E-state index in [0.717, 1.165) is 37.2 Å². The Morgan fingerprint density at radius 3 is 2.76 bits per heavy atom. The number of carbonyl (C=O) groups is 1. The first kappa shape index (κ1) is 21.4. The molecule has 0 spiro atoms. The van der Waals surface area contributed by atoms with Crippen LogP contribution in [0.4, 0.5) is 8.78 Å². The summed E-state index contributed by atoms with van der Waals surface area (Å²) < 4.78 is 26.8. The first-order chi connectivity index (χ1) is 13.9. The minimum atomic E-state index is -0.826. The maximum absolute atomic E-state index is 13.6. The smallest absolute Gasteiger partial charge is 0.220 e. The highest BCUT2D eigenvalue weighted by Crippen LogP contribution is 2.30. The summed E-state index contributed by atoms with van der Waals surface area (Å²) in [4.78, 5) is 19.2. The normalized spacial score (nSPS) is 18.6. The van der Waals surface area contributed by atoms with Gasteiger partial charge >= 0.3 is 0 Å². The first-order valence-corrected chi connectivity index (χ1v) is 10.3. The van der Waals surface area contributed by atoms with Gasteiger partial charge in [0.15, 0.2) is 11.6 Å². The van der Waals surface area contributed by atoms with Crippen molar-refractivity contribution < 1.29 is 13.6 Å². The summed E-state index contributed by atoms with van der Waals surface area (Å²) >= 11 is 0. The van der Waals surface area contributed by atoms with Gasteiger partial charge in [-0.05, 0) is 61.1 Å². The Morgan fingerprint density at radius 2 is 2.07 bits per heavy atom. The summed E-state index contributed by atoms with van der Waals surface area (Å²) in [5.41, 5.74) is 1.62. The van der Waals surface area contributed by atoms with Gasteiger partial charge in [-0.15, -0.1) is 0 Å². The van der Waals surface area contributed by atoms with Gasteiger partial charge in [0.1, 0.15) is 0 Å². The largest absolute Gasteiger partial charge is 0.347 e. The van der Waals surface area contributed by atoms with Crippen molar-refractivity contribution in [1.82, 2.24) is 15.2 Å². The third-order valence-corrected chi connectivity index (χ3v) is 5.32. The first-order valence-electron chi connectivity index (χ1n) is 10.3. The zero-order valence-electron chi connectivity index (χ0n) is 17.1. The van der Waals surface area contributed by atoms with Crippen molar-refractivity contribution in [2.75, 3.05) is 13.1 Å². The van der Waals surface area contributed by atoms with Crippen molar-refractivity contribution in [1.29, 1.82) is 0 Å². The Kier molecular flexibility index (Phi) is 7.31. The number of pyridine rings is 1. The second-order valence-electron chi connectivity index (χ2n) is 8.28. The van der Waals surface area contributed by atoms with E-state index in [2.05, 4.69) is 15.2 Å². The number of nitrogens with one attached hydrogen (secondary N) is 1. The Labute approximate surface area is 171 Å². The molecule has 1 aliphatic rings. The van der Waals surface area contributed by atoms with Crippen molar-refractivity contribution in [3.05, 3.63) is 65.5 Å². The number of aromatic nitrogens is 1. The van der Waals surface area contributed by atoms with Crippen LogP contribution >= 0.6 is 0 Å². The summed E-state index contributed by atoms with van der Waals surface area (Å²) in [5, 5.41) is 3.20. The number of benzene rings is 1. The van der Waals surface area contributed by atoms with Gasteiger partial charge in [0, 0.05) is 25.7 Å². The van der Waals surface area contributed by atoms with Gasteiger partial charge in [0.2, 0.25) is 5.91 Å². The number of halogens is 2. The fraction of sp³-hybridized carbons (Fsp3) is 0.478. The lowest BCUT2D eigenvalue weighted by Crippen LogP contribution is -2.43. The number of likely N-dealkylation sites (tertiary alicyclic amines) is 1. The number of piperidine rings is 1. The Balaban J connectivity index is 1.72. The summed E-state index contributed by atoms with van der Waals surface area (Å²) in [6, 6.07) is 9.67. The van der Waals surface area contributed by atoms with Crippen LogP contribution in [0.2, 0.25) is 0 Å². The van der Waals surface area contributed by atoms with E-state index in [1.807, 2.05) is 32.0 Å². The van der Waals surface area contributed by atoms with Crippen molar-refractivity contribution in [3.8, 4) is 0 Å². The minimum absolute atomic E-state index is 0.0355. The van der Waals surface area contributed by atoms with Gasteiger partial charge in [-0.2, -0.15) is 0 Å². The molecule has 1 saturated heterocycles. The van der Waals surface area contributed by atoms with E-state index in [4.69, 9.17) is 0 Å². The average Bonchev–Trinajstić information content (AvgIpc) is 2.69. The molecule has 1 fully saturated rings. The molecule has 0 saturated carbocycles. The highest BCUT2D eigenvalue weighted by molar-refractivity contribution is 5.76. The Morgan fingerprint density at radius 1 is 1.24 bits per heavy atom. The number of carbonyl (C=O) groups excluding carboxylic acids is 1. The zero-order chi connectivity index (χ0) is 20.8. The van der Waals surface area contributed by atoms with Crippen molar-refractivity contribution in [2.45, 2.75) is 45.7 Å². The summed E-state index contributed by atoms with van der Waals surface area (Å²) in [7, 11) is 0. The molecule has 2 aromatic rings. The molecule has 0 radical (unpaired) electrons. The molecule has 1 aromatic heterocycles. The molecule has 2 atom stereocenters. The molecule has 156 valence electrons. The van der Waals surface area contributed by atoms with Gasteiger partial charge in [-0.1, -0.05) is 26.0 Å². The molecular weight excluding hydrogens is 372 g/mol. The monoisotopic (exact) mass is 401 g/mol. The molecule has 1 aliphatic heterocycles. The lowest BCUT2D eigenvalue weighted by atomic mass is 9.88. The van der Waals surface area contributed by atoms with Crippen LogP contribution in [-0.4, -0.2) is 28.9 Å². The van der Waals surface area contributed by atoms with Crippen LogP contribution in [0.5, 0.6) is 0 Å². The molecular formula is C23H29F2N3O. The van der Waals surface area contributed by atoms with Crippen LogP contribution in [-0.2, 0) is 11.3 Å². The van der Waals surface area contributed by atoms with E-state index < -0.39 is 11.6 Å². The van der Waals surface area contributed by atoms with Gasteiger partial charge in [-0.25, -0.2) is 8.78 Å². The maximum atomic E-state index is 13.6. The quantitative estimate of drug-likeness (QED) is 0.744. The number of hydrogen-bond donors (Lipinski definition) is 1. The van der Waals surface area contributed by atoms with Crippen LogP contribution in [0.25, 0.3) is 0 Å². The topological polar surface area (TPSA) is 45.2 Å². The van der Waals surface area contributed by atoms with Gasteiger partial charge in [-0.3, -0.25) is 14.7 Å². The maximum Gasteiger partial charge on any atom is 0.220 e. The van der Waals surface area contributed by atoms with Crippen molar-refractivity contribution in [3.63, 3.8) is 0 Å².